The zero-order valence-corrected chi connectivity index (χ0v) is 42.2. The number of carboxylic acids is 1. The molecule has 0 unspecified atom stereocenters. The number of phenolic OH excluding ortho intramolecular Hbond substituents is 3. The molecule has 0 aliphatic heterocycles. The van der Waals surface area contributed by atoms with Crippen molar-refractivity contribution in [3.05, 3.63) is 180 Å². The lowest BCUT2D eigenvalue weighted by Gasteiger charge is -2.14. The van der Waals surface area contributed by atoms with Crippen LogP contribution in [0.1, 0.15) is 48.2 Å². The van der Waals surface area contributed by atoms with E-state index in [1.54, 1.807) is 93.1 Å². The van der Waals surface area contributed by atoms with Crippen LogP contribution in [0.5, 0.6) is 17.2 Å². The maximum atomic E-state index is 13.5. The van der Waals surface area contributed by atoms with Gasteiger partial charge < -0.3 is 31.1 Å². The van der Waals surface area contributed by atoms with E-state index < -0.39 is 32.8 Å². The summed E-state index contributed by atoms with van der Waals surface area (Å²) in [5, 5.41) is 70.8. The minimum absolute atomic E-state index is 0.0193. The highest BCUT2D eigenvalue weighted by Gasteiger charge is 2.23. The number of pyridine rings is 6. The number of aromatic hydroxyl groups is 3. The van der Waals surface area contributed by atoms with E-state index in [4.69, 9.17) is 5.11 Å². The molecule has 7 N–H and O–H groups in total. The Morgan fingerprint density at radius 2 is 0.848 bits per heavy atom. The first-order valence-corrected chi connectivity index (χ1v) is 24.7. The summed E-state index contributed by atoms with van der Waals surface area (Å²) in [6.07, 6.45) is 4.72. The predicted molar refractivity (Wildman–Crippen MR) is 289 cm³/mol. The molecule has 0 radical (unpaired) electrons. The summed E-state index contributed by atoms with van der Waals surface area (Å²) in [6, 6.07) is 31.9. The highest BCUT2D eigenvalue weighted by Crippen LogP contribution is 2.37. The number of aryl methyl sites for hydroxylation is 3. The fraction of sp³-hybridized carbons (Fsp3) is 0.0556. The normalized spacial score (nSPS) is 11.6. The molecule has 0 atom stereocenters. The van der Waals surface area contributed by atoms with Gasteiger partial charge in [0.25, 0.3) is 21.9 Å². The quantitative estimate of drug-likeness (QED) is 0.0441. The predicted octanol–water partition coefficient (Wildman–Crippen LogP) is 11.9. The molecule has 25 heteroatoms. The van der Waals surface area contributed by atoms with Gasteiger partial charge in [-0.2, -0.15) is 8.42 Å². The first-order chi connectivity index (χ1) is 37.9. The van der Waals surface area contributed by atoms with Crippen molar-refractivity contribution in [2.45, 2.75) is 25.7 Å². The monoisotopic (exact) mass is 1080 g/mol. The largest absolute Gasteiger partial charge is 0.507 e. The number of aromatic nitrogens is 6. The standard InChI is InChI=1S/C38H28N10O7S.C16H12N4O3/c1-20-23(18-25-30(49)13-11-28(35(25)41-20)45-47-33-7-3-5-15-39-33)37(51)43-22-9-10-27(32(17-22)56(53,54)55)44-38(52)24-19-26-31(50)14-12-29(36(26)42-21(24)2)46-48-34-8-4-6-16-40-34;1-9-10(16(22)23)8-11-13(21)6-5-12(15(11)18-9)19-20-14-4-2-3-7-17-14/h3-19,49-50H,1-2H3,(H,43,51)(H,44,52)(H,53,54,55);2-8,21H,1H3,(H,22,23). The summed E-state index contributed by atoms with van der Waals surface area (Å²) in [4.78, 5) is 63.0. The third kappa shape index (κ3) is 12.0. The number of benzene rings is 4. The summed E-state index contributed by atoms with van der Waals surface area (Å²) in [5.41, 5.74) is 2.42. The van der Waals surface area contributed by atoms with E-state index in [0.29, 0.717) is 51.1 Å². The Morgan fingerprint density at radius 3 is 1.22 bits per heavy atom. The van der Waals surface area contributed by atoms with Crippen LogP contribution >= 0.6 is 0 Å². The molecule has 0 aliphatic rings. The van der Waals surface area contributed by atoms with E-state index in [1.807, 2.05) is 0 Å². The van der Waals surface area contributed by atoms with Crippen LogP contribution < -0.4 is 10.6 Å². The van der Waals surface area contributed by atoms with Gasteiger partial charge in [-0.25, -0.2) is 34.7 Å². The number of hydrogen-bond donors (Lipinski definition) is 7. The number of amides is 2. The van der Waals surface area contributed by atoms with Crippen LogP contribution in [0.3, 0.4) is 0 Å². The zero-order valence-electron chi connectivity index (χ0n) is 41.4. The van der Waals surface area contributed by atoms with Gasteiger partial charge in [-0.15, -0.1) is 30.7 Å². The number of nitrogens with one attached hydrogen (secondary N) is 2. The topological polar surface area (TPSA) is 362 Å². The minimum Gasteiger partial charge on any atom is -0.507 e. The fourth-order valence-corrected chi connectivity index (χ4v) is 8.42. The Hall–Kier alpha value is -10.9. The molecule has 0 aliphatic carbocycles. The number of rotatable bonds is 12. The number of aromatic carboxylic acids is 1. The molecular weight excluding hydrogens is 1040 g/mol. The molecule has 0 bridgehead atoms. The second kappa shape index (κ2) is 22.5. The number of phenols is 3. The van der Waals surface area contributed by atoms with E-state index in [2.05, 4.69) is 71.2 Å². The lowest BCUT2D eigenvalue weighted by atomic mass is 10.1. The number of nitrogens with zero attached hydrogens (tertiary/aromatic N) is 12. The Balaban J connectivity index is 0.000000273. The van der Waals surface area contributed by atoms with Crippen LogP contribution in [0.4, 0.5) is 45.9 Å². The average Bonchev–Trinajstić information content (AvgIpc) is 3.55. The van der Waals surface area contributed by atoms with Crippen molar-refractivity contribution in [3.8, 4) is 17.2 Å². The number of carboxylic acid groups (broad SMARTS) is 1. The summed E-state index contributed by atoms with van der Waals surface area (Å²) >= 11 is 0. The zero-order chi connectivity index (χ0) is 56.0. The molecule has 10 aromatic rings. The second-order valence-electron chi connectivity index (χ2n) is 16.9. The van der Waals surface area contributed by atoms with Gasteiger partial charge >= 0.3 is 5.97 Å². The molecule has 10 rings (SSSR count). The average molecular weight is 1080 g/mol. The summed E-state index contributed by atoms with van der Waals surface area (Å²) in [6.45, 7) is 4.69. The van der Waals surface area contributed by atoms with E-state index in [0.717, 1.165) is 6.07 Å². The maximum absolute atomic E-state index is 13.5. The van der Waals surface area contributed by atoms with Gasteiger partial charge in [0.15, 0.2) is 17.5 Å². The SMILES string of the molecule is Cc1nc2c(N=Nc3ccccn3)ccc(O)c2cc1C(=O)Nc1ccc(NC(=O)c2cc3c(O)ccc(N=Nc4ccccn4)c3nc2C)c(S(=O)(=O)O)c1.Cc1nc2c(N=Nc3ccccn3)ccc(O)c2cc1C(=O)O. The van der Waals surface area contributed by atoms with Crippen molar-refractivity contribution in [1.29, 1.82) is 0 Å². The van der Waals surface area contributed by atoms with Crippen LogP contribution in [0.25, 0.3) is 32.7 Å². The highest BCUT2D eigenvalue weighted by molar-refractivity contribution is 7.86. The Labute approximate surface area is 446 Å². The van der Waals surface area contributed by atoms with Gasteiger partial charge in [-0.3, -0.25) is 14.1 Å². The van der Waals surface area contributed by atoms with Crippen molar-refractivity contribution in [2.75, 3.05) is 10.6 Å². The van der Waals surface area contributed by atoms with E-state index in [1.165, 1.54) is 67.6 Å². The fourth-order valence-electron chi connectivity index (χ4n) is 7.74. The van der Waals surface area contributed by atoms with Crippen LogP contribution in [0, 0.1) is 20.8 Å². The molecule has 79 heavy (non-hydrogen) atoms. The van der Waals surface area contributed by atoms with Gasteiger partial charge in [0.05, 0.1) is 39.5 Å². The lowest BCUT2D eigenvalue weighted by molar-refractivity contribution is 0.0695. The Kier molecular flexibility index (Phi) is 15.1. The molecule has 392 valence electrons. The van der Waals surface area contributed by atoms with Crippen molar-refractivity contribution >= 4 is 107 Å². The summed E-state index contributed by atoms with van der Waals surface area (Å²) in [5.74, 6) is -1.93. The van der Waals surface area contributed by atoms with Crippen LogP contribution in [-0.2, 0) is 10.1 Å². The van der Waals surface area contributed by atoms with E-state index in [-0.39, 0.29) is 78.5 Å². The lowest BCUT2D eigenvalue weighted by Crippen LogP contribution is -2.18. The van der Waals surface area contributed by atoms with Gasteiger partial charge in [-0.1, -0.05) is 18.2 Å². The highest BCUT2D eigenvalue weighted by atomic mass is 32.2. The summed E-state index contributed by atoms with van der Waals surface area (Å²) < 4.78 is 35.2. The maximum Gasteiger partial charge on any atom is 0.337 e. The Bertz CT molecular complexity index is 4270. The number of fused-ring (bicyclic) bond motifs is 3. The van der Waals surface area contributed by atoms with Crippen LogP contribution in [-0.4, -0.2) is 81.1 Å². The molecule has 0 fully saturated rings. The van der Waals surface area contributed by atoms with Gasteiger partial charge in [0, 0.05) is 40.4 Å². The second-order valence-corrected chi connectivity index (χ2v) is 18.3. The minimum atomic E-state index is -4.96. The van der Waals surface area contributed by atoms with Crippen LogP contribution in [0.2, 0.25) is 0 Å². The molecule has 0 saturated heterocycles. The number of carbonyl (C=O) groups excluding carboxylic acids is 2. The number of hydrogen-bond acceptors (Lipinski definition) is 20. The van der Waals surface area contributed by atoms with Crippen molar-refractivity contribution < 1.29 is 47.8 Å². The summed E-state index contributed by atoms with van der Waals surface area (Å²) in [7, 11) is -4.96. The van der Waals surface area contributed by atoms with Crippen molar-refractivity contribution in [3.63, 3.8) is 0 Å². The van der Waals surface area contributed by atoms with Crippen molar-refractivity contribution in [1.82, 2.24) is 29.9 Å². The third-order valence-electron chi connectivity index (χ3n) is 11.6. The molecule has 2 amide bonds. The number of anilines is 2. The molecule has 0 saturated carbocycles. The molecule has 24 nitrogen and oxygen atoms in total. The molecular formula is C54H40N14O10S. The molecule has 0 spiro atoms. The number of azo groups is 3. The first-order valence-electron chi connectivity index (χ1n) is 23.3. The molecule has 4 aromatic carbocycles. The van der Waals surface area contributed by atoms with E-state index in [9.17, 15) is 42.7 Å². The van der Waals surface area contributed by atoms with Gasteiger partial charge in [0.1, 0.15) is 55.8 Å². The van der Waals surface area contributed by atoms with Gasteiger partial charge in [-0.05, 0) is 130 Å². The van der Waals surface area contributed by atoms with Gasteiger partial charge in [0.2, 0.25) is 0 Å². The smallest absolute Gasteiger partial charge is 0.337 e. The van der Waals surface area contributed by atoms with Crippen molar-refractivity contribution in [2.24, 2.45) is 30.7 Å². The van der Waals surface area contributed by atoms with E-state index >= 15 is 0 Å². The molecule has 6 heterocycles. The Morgan fingerprint density at radius 1 is 0.468 bits per heavy atom. The molecule has 6 aromatic heterocycles. The number of carbonyl (C=O) groups is 3. The van der Waals surface area contributed by atoms with Crippen LogP contribution in [0.15, 0.2) is 182 Å². The first kappa shape index (κ1) is 52.9. The third-order valence-corrected chi connectivity index (χ3v) is 12.5.